The predicted molar refractivity (Wildman–Crippen MR) is 73.1 cm³/mol. The Morgan fingerprint density at radius 1 is 1.33 bits per heavy atom. The number of carbonyl (C=O) groups excluding carboxylic acids is 1. The van der Waals surface area contributed by atoms with Crippen molar-refractivity contribution in [3.63, 3.8) is 0 Å². The Balaban J connectivity index is 2.13. The van der Waals surface area contributed by atoms with Crippen molar-refractivity contribution in [2.24, 2.45) is 0 Å². The molecule has 0 saturated heterocycles. The van der Waals surface area contributed by atoms with Crippen LogP contribution in [0, 0.1) is 0 Å². The summed E-state index contributed by atoms with van der Waals surface area (Å²) in [7, 11) is 1.56. The zero-order chi connectivity index (χ0) is 15.4. The molecule has 1 atom stereocenters. The van der Waals surface area contributed by atoms with Crippen LogP contribution in [-0.4, -0.2) is 35.3 Å². The van der Waals surface area contributed by atoms with Gasteiger partial charge in [-0.3, -0.25) is 9.59 Å². The SMILES string of the molecule is COc1ccc(-c2cc(C(=O)N[C@@H](C)C(=O)O)no2)cc1. The highest BCUT2D eigenvalue weighted by Crippen LogP contribution is 2.23. The molecule has 0 radical (unpaired) electrons. The predicted octanol–water partition coefficient (Wildman–Crippen LogP) is 1.55. The quantitative estimate of drug-likeness (QED) is 0.866. The fourth-order valence-electron chi connectivity index (χ4n) is 1.61. The van der Waals surface area contributed by atoms with Gasteiger partial charge in [0, 0.05) is 11.6 Å². The summed E-state index contributed by atoms with van der Waals surface area (Å²) in [5.74, 6) is -0.618. The van der Waals surface area contributed by atoms with Gasteiger partial charge in [-0.1, -0.05) is 5.16 Å². The average molecular weight is 290 g/mol. The van der Waals surface area contributed by atoms with Crippen LogP contribution in [0.4, 0.5) is 0 Å². The number of nitrogens with zero attached hydrogens (tertiary/aromatic N) is 1. The van der Waals surface area contributed by atoms with Crippen molar-refractivity contribution in [3.05, 3.63) is 36.0 Å². The lowest BCUT2D eigenvalue weighted by Gasteiger charge is -2.06. The van der Waals surface area contributed by atoms with Crippen LogP contribution in [0.15, 0.2) is 34.9 Å². The standard InChI is InChI=1S/C14H14N2O5/c1-8(14(18)19)15-13(17)11-7-12(21-16-11)9-3-5-10(20-2)6-4-9/h3-8H,1-2H3,(H,15,17)(H,18,19)/t8-/m0/s1. The van der Waals surface area contributed by atoms with E-state index in [0.717, 1.165) is 5.56 Å². The highest BCUT2D eigenvalue weighted by Gasteiger charge is 2.18. The fourth-order valence-corrected chi connectivity index (χ4v) is 1.61. The summed E-state index contributed by atoms with van der Waals surface area (Å²) in [4.78, 5) is 22.5. The first-order valence-electron chi connectivity index (χ1n) is 6.16. The monoisotopic (exact) mass is 290 g/mol. The van der Waals surface area contributed by atoms with Crippen molar-refractivity contribution in [3.8, 4) is 17.1 Å². The van der Waals surface area contributed by atoms with E-state index in [-0.39, 0.29) is 5.69 Å². The van der Waals surface area contributed by atoms with Crippen LogP contribution in [-0.2, 0) is 4.79 Å². The van der Waals surface area contributed by atoms with Gasteiger partial charge in [-0.15, -0.1) is 0 Å². The minimum absolute atomic E-state index is 0.0221. The van der Waals surface area contributed by atoms with Crippen LogP contribution in [0.25, 0.3) is 11.3 Å². The molecule has 0 fully saturated rings. The van der Waals surface area contributed by atoms with E-state index < -0.39 is 17.9 Å². The maximum atomic E-state index is 11.8. The van der Waals surface area contributed by atoms with Crippen LogP contribution in [0.2, 0.25) is 0 Å². The van der Waals surface area contributed by atoms with Gasteiger partial charge in [0.15, 0.2) is 11.5 Å². The number of aliphatic carboxylic acids is 1. The van der Waals surface area contributed by atoms with Crippen molar-refractivity contribution in [2.45, 2.75) is 13.0 Å². The summed E-state index contributed by atoms with van der Waals surface area (Å²) in [6.45, 7) is 1.37. The Hall–Kier alpha value is -2.83. The molecule has 2 aromatic rings. The molecule has 1 aromatic heterocycles. The van der Waals surface area contributed by atoms with Gasteiger partial charge in [0.1, 0.15) is 11.8 Å². The van der Waals surface area contributed by atoms with E-state index in [2.05, 4.69) is 10.5 Å². The molecule has 2 N–H and O–H groups in total. The van der Waals surface area contributed by atoms with Gasteiger partial charge in [-0.25, -0.2) is 0 Å². The van der Waals surface area contributed by atoms with Gasteiger partial charge >= 0.3 is 5.97 Å². The zero-order valence-corrected chi connectivity index (χ0v) is 11.5. The van der Waals surface area contributed by atoms with Crippen molar-refractivity contribution in [1.29, 1.82) is 0 Å². The number of carbonyl (C=O) groups is 2. The molecule has 1 aromatic carbocycles. The van der Waals surface area contributed by atoms with E-state index in [0.29, 0.717) is 11.5 Å². The molecule has 21 heavy (non-hydrogen) atoms. The molecule has 0 aliphatic rings. The molecule has 0 bridgehead atoms. The lowest BCUT2D eigenvalue weighted by molar-refractivity contribution is -0.138. The van der Waals surface area contributed by atoms with Crippen LogP contribution in [0.5, 0.6) is 5.75 Å². The van der Waals surface area contributed by atoms with Crippen LogP contribution < -0.4 is 10.1 Å². The fraction of sp³-hybridized carbons (Fsp3) is 0.214. The largest absolute Gasteiger partial charge is 0.497 e. The number of carboxylic acids is 1. The minimum atomic E-state index is -1.12. The van der Waals surface area contributed by atoms with Gasteiger partial charge in [0.05, 0.1) is 7.11 Å². The van der Waals surface area contributed by atoms with E-state index in [1.165, 1.54) is 13.0 Å². The number of nitrogens with one attached hydrogen (secondary N) is 1. The van der Waals surface area contributed by atoms with Crippen molar-refractivity contribution in [2.75, 3.05) is 7.11 Å². The van der Waals surface area contributed by atoms with Crippen LogP contribution >= 0.6 is 0 Å². The molecule has 0 saturated carbocycles. The highest BCUT2D eigenvalue weighted by atomic mass is 16.5. The highest BCUT2D eigenvalue weighted by molar-refractivity contribution is 5.95. The Morgan fingerprint density at radius 2 is 2.00 bits per heavy atom. The molecule has 7 heteroatoms. The maximum absolute atomic E-state index is 11.8. The number of benzene rings is 1. The zero-order valence-electron chi connectivity index (χ0n) is 11.5. The number of rotatable bonds is 5. The lowest BCUT2D eigenvalue weighted by atomic mass is 10.1. The molecule has 1 amide bonds. The Labute approximate surface area is 120 Å². The first-order valence-corrected chi connectivity index (χ1v) is 6.16. The smallest absolute Gasteiger partial charge is 0.325 e. The van der Waals surface area contributed by atoms with Gasteiger partial charge in [0.25, 0.3) is 5.91 Å². The van der Waals surface area contributed by atoms with E-state index in [4.69, 9.17) is 14.4 Å². The third kappa shape index (κ3) is 3.38. The van der Waals surface area contributed by atoms with Crippen molar-refractivity contribution < 1.29 is 24.0 Å². The Bertz CT molecular complexity index is 648. The van der Waals surface area contributed by atoms with E-state index in [1.54, 1.807) is 31.4 Å². The first kappa shape index (κ1) is 14.6. The second kappa shape index (κ2) is 6.08. The first-order chi connectivity index (χ1) is 10.0. The minimum Gasteiger partial charge on any atom is -0.497 e. The third-order valence-corrected chi connectivity index (χ3v) is 2.84. The Morgan fingerprint density at radius 3 is 2.57 bits per heavy atom. The van der Waals surface area contributed by atoms with Gasteiger partial charge < -0.3 is 19.7 Å². The van der Waals surface area contributed by atoms with Crippen molar-refractivity contribution in [1.82, 2.24) is 10.5 Å². The topological polar surface area (TPSA) is 102 Å². The molecule has 0 spiro atoms. The van der Waals surface area contributed by atoms with Crippen molar-refractivity contribution >= 4 is 11.9 Å². The summed E-state index contributed by atoms with van der Waals surface area (Å²) in [5.41, 5.74) is 0.752. The van der Waals surface area contributed by atoms with Gasteiger partial charge in [-0.2, -0.15) is 0 Å². The van der Waals surface area contributed by atoms with E-state index in [9.17, 15) is 9.59 Å². The maximum Gasteiger partial charge on any atom is 0.325 e. The number of ether oxygens (including phenoxy) is 1. The second-order valence-electron chi connectivity index (χ2n) is 4.34. The second-order valence-corrected chi connectivity index (χ2v) is 4.34. The van der Waals surface area contributed by atoms with Crippen LogP contribution in [0.3, 0.4) is 0 Å². The number of aromatic nitrogens is 1. The number of hydrogen-bond acceptors (Lipinski definition) is 5. The number of amides is 1. The molecule has 0 unspecified atom stereocenters. The molecular formula is C14H14N2O5. The summed E-state index contributed by atoms with van der Waals surface area (Å²) >= 11 is 0. The average Bonchev–Trinajstić information content (AvgIpc) is 2.97. The molecule has 1 heterocycles. The van der Waals surface area contributed by atoms with Gasteiger partial charge in [0.2, 0.25) is 0 Å². The molecular weight excluding hydrogens is 276 g/mol. The van der Waals surface area contributed by atoms with Gasteiger partial charge in [-0.05, 0) is 31.2 Å². The summed E-state index contributed by atoms with van der Waals surface area (Å²) in [5, 5.41) is 14.7. The molecule has 0 aliphatic heterocycles. The summed E-state index contributed by atoms with van der Waals surface area (Å²) < 4.78 is 10.1. The van der Waals surface area contributed by atoms with E-state index in [1.807, 2.05) is 0 Å². The molecule has 0 aliphatic carbocycles. The number of carboxylic acid groups (broad SMARTS) is 1. The molecule has 2 rings (SSSR count). The summed E-state index contributed by atoms with van der Waals surface area (Å²) in [6.07, 6.45) is 0. The van der Waals surface area contributed by atoms with Crippen LogP contribution in [0.1, 0.15) is 17.4 Å². The van der Waals surface area contributed by atoms with E-state index >= 15 is 0 Å². The third-order valence-electron chi connectivity index (χ3n) is 2.84. The normalized spacial score (nSPS) is 11.7. The number of methoxy groups -OCH3 is 1. The molecule has 110 valence electrons. The summed E-state index contributed by atoms with van der Waals surface area (Å²) in [6, 6.07) is 7.49. The molecule has 7 nitrogen and oxygen atoms in total. The number of hydrogen-bond donors (Lipinski definition) is 2. The Kier molecular flexibility index (Phi) is 4.22. The lowest BCUT2D eigenvalue weighted by Crippen LogP contribution is -2.38.